The fraction of sp³-hybridized carbons (Fsp3) is 0.917. The summed E-state index contributed by atoms with van der Waals surface area (Å²) in [5, 5.41) is 13.1. The minimum atomic E-state index is -0.846. The molecule has 0 saturated carbocycles. The van der Waals surface area contributed by atoms with E-state index in [0.29, 0.717) is 13.2 Å². The molecule has 0 aliphatic carbocycles. The number of hydrogen-bond acceptors (Lipinski definition) is 4. The molecule has 0 aliphatic heterocycles. The molecular weight excluding hydrogens is 206 g/mol. The number of carbonyl (C=O) groups is 1. The van der Waals surface area contributed by atoms with E-state index in [1.807, 2.05) is 20.8 Å². The van der Waals surface area contributed by atoms with Gasteiger partial charge in [-0.1, -0.05) is 6.92 Å². The molecule has 4 heteroatoms. The average molecular weight is 231 g/mol. The van der Waals surface area contributed by atoms with Gasteiger partial charge in [-0.05, 0) is 34.6 Å². The second kappa shape index (κ2) is 5.64. The van der Waals surface area contributed by atoms with Crippen LogP contribution in [0.1, 0.15) is 41.5 Å². The molecule has 16 heavy (non-hydrogen) atoms. The molecule has 0 aromatic rings. The lowest BCUT2D eigenvalue weighted by molar-refractivity contribution is -0.147. The van der Waals surface area contributed by atoms with Crippen molar-refractivity contribution >= 4 is 5.97 Å². The van der Waals surface area contributed by atoms with Crippen molar-refractivity contribution in [2.24, 2.45) is 5.92 Å². The predicted octanol–water partition coefficient (Wildman–Crippen LogP) is 1.32. The summed E-state index contributed by atoms with van der Waals surface area (Å²) in [5.41, 5.74) is -1.30. The van der Waals surface area contributed by atoms with Crippen LogP contribution in [0.4, 0.5) is 0 Å². The fourth-order valence-corrected chi connectivity index (χ4v) is 0.992. The van der Waals surface area contributed by atoms with Crippen LogP contribution in [0, 0.1) is 5.92 Å². The largest absolute Gasteiger partial charge is 0.466 e. The Morgan fingerprint density at radius 2 is 1.88 bits per heavy atom. The molecule has 0 aromatic carbocycles. The van der Waals surface area contributed by atoms with Crippen molar-refractivity contribution in [1.29, 1.82) is 0 Å². The maximum Gasteiger partial charge on any atom is 0.309 e. The van der Waals surface area contributed by atoms with Gasteiger partial charge in [0.15, 0.2) is 0 Å². The molecular formula is C12H25NO3. The van der Waals surface area contributed by atoms with E-state index >= 15 is 0 Å². The second-order valence-corrected chi connectivity index (χ2v) is 5.22. The minimum absolute atomic E-state index is 0.207. The Morgan fingerprint density at radius 3 is 2.25 bits per heavy atom. The van der Waals surface area contributed by atoms with Gasteiger partial charge in [-0.2, -0.15) is 0 Å². The van der Waals surface area contributed by atoms with Gasteiger partial charge in [-0.3, -0.25) is 4.79 Å². The molecule has 0 aromatic heterocycles. The zero-order valence-electron chi connectivity index (χ0n) is 11.3. The maximum atomic E-state index is 11.4. The molecule has 4 nitrogen and oxygen atoms in total. The Hall–Kier alpha value is -0.610. The van der Waals surface area contributed by atoms with Gasteiger partial charge in [0.2, 0.25) is 0 Å². The molecule has 1 unspecified atom stereocenters. The van der Waals surface area contributed by atoms with Crippen molar-refractivity contribution in [2.45, 2.75) is 52.7 Å². The molecule has 0 heterocycles. The quantitative estimate of drug-likeness (QED) is 0.677. The van der Waals surface area contributed by atoms with Crippen molar-refractivity contribution in [1.82, 2.24) is 5.32 Å². The van der Waals surface area contributed by atoms with Gasteiger partial charge in [0.25, 0.3) is 0 Å². The summed E-state index contributed by atoms with van der Waals surface area (Å²) in [6.07, 6.45) is 0. The van der Waals surface area contributed by atoms with Crippen molar-refractivity contribution in [3.63, 3.8) is 0 Å². The van der Waals surface area contributed by atoms with Gasteiger partial charge in [0.05, 0.1) is 18.1 Å². The zero-order chi connectivity index (χ0) is 13.0. The Bertz CT molecular complexity index is 231. The lowest BCUT2D eigenvalue weighted by Crippen LogP contribution is -2.57. The molecule has 0 amide bonds. The molecule has 96 valence electrons. The molecule has 0 aliphatic rings. The van der Waals surface area contributed by atoms with Gasteiger partial charge in [0, 0.05) is 12.1 Å². The highest BCUT2D eigenvalue weighted by atomic mass is 16.5. The highest BCUT2D eigenvalue weighted by molar-refractivity contribution is 5.72. The summed E-state index contributed by atoms with van der Waals surface area (Å²) in [5.74, 6) is -0.414. The van der Waals surface area contributed by atoms with E-state index in [4.69, 9.17) is 4.74 Å². The van der Waals surface area contributed by atoms with Crippen LogP contribution >= 0.6 is 0 Å². The lowest BCUT2D eigenvalue weighted by Gasteiger charge is -2.38. The summed E-state index contributed by atoms with van der Waals surface area (Å²) in [4.78, 5) is 11.4. The second-order valence-electron chi connectivity index (χ2n) is 5.22. The zero-order valence-corrected chi connectivity index (χ0v) is 11.3. The number of hydrogen-bond donors (Lipinski definition) is 2. The van der Waals surface area contributed by atoms with Crippen LogP contribution in [0.2, 0.25) is 0 Å². The van der Waals surface area contributed by atoms with E-state index in [9.17, 15) is 9.90 Å². The molecule has 0 bridgehead atoms. The van der Waals surface area contributed by atoms with Gasteiger partial charge in [-0.25, -0.2) is 0 Å². The number of nitrogens with one attached hydrogen (secondary N) is 1. The number of carbonyl (C=O) groups excluding carboxylic acids is 1. The first kappa shape index (κ1) is 15.4. The molecule has 1 atom stereocenters. The van der Waals surface area contributed by atoms with E-state index in [0.717, 1.165) is 0 Å². The van der Waals surface area contributed by atoms with Crippen LogP contribution in [0.25, 0.3) is 0 Å². The third-order valence-electron chi connectivity index (χ3n) is 3.07. The topological polar surface area (TPSA) is 58.6 Å². The molecule has 0 radical (unpaired) electrons. The van der Waals surface area contributed by atoms with Gasteiger partial charge < -0.3 is 15.2 Å². The van der Waals surface area contributed by atoms with Crippen LogP contribution in [-0.2, 0) is 9.53 Å². The molecule has 0 fully saturated rings. The summed E-state index contributed by atoms with van der Waals surface area (Å²) < 4.78 is 4.91. The first-order valence-corrected chi connectivity index (χ1v) is 5.76. The number of rotatable bonds is 6. The lowest BCUT2D eigenvalue weighted by atomic mass is 9.85. The van der Waals surface area contributed by atoms with Crippen molar-refractivity contribution in [3.8, 4) is 0 Å². The van der Waals surface area contributed by atoms with Crippen molar-refractivity contribution in [2.75, 3.05) is 13.2 Å². The van der Waals surface area contributed by atoms with E-state index in [1.54, 1.807) is 20.8 Å². The fourth-order valence-electron chi connectivity index (χ4n) is 0.992. The Balaban J connectivity index is 4.20. The number of aliphatic hydroxyl groups is 1. The SMILES string of the molecule is CCOC(=O)C(C)CNC(C)(C)C(C)(C)O. The summed E-state index contributed by atoms with van der Waals surface area (Å²) >= 11 is 0. The standard InChI is InChI=1S/C12H25NO3/c1-7-16-10(14)9(2)8-13-11(3,4)12(5,6)15/h9,13,15H,7-8H2,1-6H3. The smallest absolute Gasteiger partial charge is 0.309 e. The van der Waals surface area contributed by atoms with Crippen LogP contribution in [0.3, 0.4) is 0 Å². The van der Waals surface area contributed by atoms with Crippen LogP contribution < -0.4 is 5.32 Å². The van der Waals surface area contributed by atoms with Crippen LogP contribution in [-0.4, -0.2) is 35.4 Å². The van der Waals surface area contributed by atoms with Gasteiger partial charge in [0.1, 0.15) is 0 Å². The number of ether oxygens (including phenoxy) is 1. The minimum Gasteiger partial charge on any atom is -0.466 e. The predicted molar refractivity (Wildman–Crippen MR) is 64.2 cm³/mol. The summed E-state index contributed by atoms with van der Waals surface area (Å²) in [7, 11) is 0. The normalized spacial score (nSPS) is 14.7. The Morgan fingerprint density at radius 1 is 1.38 bits per heavy atom. The molecule has 2 N–H and O–H groups in total. The van der Waals surface area contributed by atoms with E-state index in [2.05, 4.69) is 5.32 Å². The summed E-state index contributed by atoms with van der Waals surface area (Å²) in [6.45, 7) is 11.8. The highest BCUT2D eigenvalue weighted by Crippen LogP contribution is 2.20. The number of esters is 1. The molecule has 0 saturated heterocycles. The first-order chi connectivity index (χ1) is 7.12. The van der Waals surface area contributed by atoms with Crippen molar-refractivity contribution < 1.29 is 14.6 Å². The maximum absolute atomic E-state index is 11.4. The summed E-state index contributed by atoms with van der Waals surface area (Å²) in [6, 6.07) is 0. The average Bonchev–Trinajstić information content (AvgIpc) is 2.12. The van der Waals surface area contributed by atoms with E-state index < -0.39 is 11.1 Å². The third-order valence-corrected chi connectivity index (χ3v) is 3.07. The first-order valence-electron chi connectivity index (χ1n) is 5.76. The molecule has 0 spiro atoms. The Kier molecular flexibility index (Phi) is 5.42. The third kappa shape index (κ3) is 4.49. The Labute approximate surface area is 98.4 Å². The van der Waals surface area contributed by atoms with Crippen LogP contribution in [0.15, 0.2) is 0 Å². The van der Waals surface area contributed by atoms with Crippen molar-refractivity contribution in [3.05, 3.63) is 0 Å². The van der Waals surface area contributed by atoms with E-state index in [-0.39, 0.29) is 11.9 Å². The molecule has 0 rings (SSSR count). The van der Waals surface area contributed by atoms with Gasteiger partial charge in [-0.15, -0.1) is 0 Å². The highest BCUT2D eigenvalue weighted by Gasteiger charge is 2.35. The van der Waals surface area contributed by atoms with E-state index in [1.165, 1.54) is 0 Å². The van der Waals surface area contributed by atoms with Crippen LogP contribution in [0.5, 0.6) is 0 Å². The monoisotopic (exact) mass is 231 g/mol. The van der Waals surface area contributed by atoms with Gasteiger partial charge >= 0.3 is 5.97 Å².